The van der Waals surface area contributed by atoms with Gasteiger partial charge >= 0.3 is 297 Å². The first kappa shape index (κ1) is 39.3. The molecule has 63 heavy (non-hydrogen) atoms. The molecule has 0 aliphatic carbocycles. The molecule has 6 nitrogen and oxygen atoms in total. The molecule has 11 rings (SSSR count). The summed E-state index contributed by atoms with van der Waals surface area (Å²) in [6, 6.07) is 64.8. The molecule has 4 heterocycles. The molecule has 0 saturated carbocycles. The van der Waals surface area contributed by atoms with Crippen LogP contribution < -0.4 is 9.64 Å². The first-order chi connectivity index (χ1) is 31.0. The Hall–Kier alpha value is -6.59. The van der Waals surface area contributed by atoms with Crippen molar-refractivity contribution < 1.29 is 24.1 Å². The second-order valence-electron chi connectivity index (χ2n) is 16.9. The predicted octanol–water partition coefficient (Wildman–Crippen LogP) is 13.2. The Morgan fingerprint density at radius 1 is 0.587 bits per heavy atom. The smallest absolute Gasteiger partial charge is 0.0622 e. The van der Waals surface area contributed by atoms with Crippen molar-refractivity contribution in [3.63, 3.8) is 0 Å². The van der Waals surface area contributed by atoms with Gasteiger partial charge in [-0.3, -0.25) is 0 Å². The Labute approximate surface area is 379 Å². The second-order valence-corrected chi connectivity index (χ2v) is 17.9. The summed E-state index contributed by atoms with van der Waals surface area (Å²) in [5.74, 6) is 3.58. The Bertz CT molecular complexity index is 3120. The average Bonchev–Trinajstić information content (AvgIpc) is 3.62. The van der Waals surface area contributed by atoms with Gasteiger partial charge in [0.2, 0.25) is 0 Å². The van der Waals surface area contributed by atoms with E-state index < -0.39 is 0 Å². The number of anilines is 2. The van der Waals surface area contributed by atoms with Gasteiger partial charge < -0.3 is 4.90 Å². The third kappa shape index (κ3) is 7.27. The predicted molar refractivity (Wildman–Crippen MR) is 253 cm³/mol. The number of likely N-dealkylation sites (tertiary alicyclic amines) is 1. The zero-order chi connectivity index (χ0) is 42.4. The van der Waals surface area contributed by atoms with Crippen LogP contribution in [-0.2, 0) is 19.4 Å². The van der Waals surface area contributed by atoms with E-state index >= 15 is 0 Å². The number of fused-ring (bicyclic) bond motifs is 4. The summed E-state index contributed by atoms with van der Waals surface area (Å²) in [6.07, 6.45) is 3.19. The molecule has 2 atom stereocenters. The van der Waals surface area contributed by atoms with E-state index in [1.54, 1.807) is 0 Å². The zero-order valence-corrected chi connectivity index (χ0v) is 37.6. The topological polar surface area (TPSA) is 38.5 Å². The third-order valence-corrected chi connectivity index (χ3v) is 14.0. The number of benzene rings is 7. The molecule has 9 aromatic rings. The number of para-hydroxylation sites is 3. The van der Waals surface area contributed by atoms with Gasteiger partial charge in [0.05, 0.1) is 0 Å². The van der Waals surface area contributed by atoms with Crippen molar-refractivity contribution in [3.8, 4) is 56.3 Å². The molecule has 0 bridgehead atoms. The Kier molecular flexibility index (Phi) is 10.3. The van der Waals surface area contributed by atoms with Crippen LogP contribution in [0.25, 0.3) is 55.8 Å². The van der Waals surface area contributed by atoms with Crippen LogP contribution in [0.4, 0.5) is 11.5 Å². The maximum atomic E-state index is 6.86. The molecule has 0 amide bonds. The number of imidazole rings is 1. The monoisotopic (exact) mass is 1000 g/mol. The molecule has 312 valence electrons. The molecule has 2 aliphatic rings. The molecule has 1 fully saturated rings. The summed E-state index contributed by atoms with van der Waals surface area (Å²) in [5, 5.41) is 0. The van der Waals surface area contributed by atoms with Gasteiger partial charge in [-0.05, 0) is 31.6 Å². The molecule has 0 radical (unpaired) electrons. The van der Waals surface area contributed by atoms with Crippen LogP contribution in [0.5, 0.6) is 11.5 Å². The zero-order valence-electron chi connectivity index (χ0n) is 35.3. The van der Waals surface area contributed by atoms with E-state index in [0.717, 1.165) is 75.1 Å². The van der Waals surface area contributed by atoms with E-state index in [9.17, 15) is 0 Å². The summed E-state index contributed by atoms with van der Waals surface area (Å²) >= 11 is 2.51. The van der Waals surface area contributed by atoms with Crippen LogP contribution in [0.3, 0.4) is 0 Å². The molecule has 2 aromatic heterocycles. The minimum absolute atomic E-state index is 0.500. The average molecular weight is 1000 g/mol. The SMILES string of the molecule is Cc1cc(N2CC3CN(C)CCC3c3ccc(Oc4cccc(-n5[c](=[Pt])n(-c6c(-c7ccccc7)cccc6-c6ccccc6)c6ccccc65)c4)cc32)ncc1-c1ccccc1. The van der Waals surface area contributed by atoms with E-state index in [2.05, 4.69) is 234 Å². The summed E-state index contributed by atoms with van der Waals surface area (Å²) < 4.78 is 12.7. The van der Waals surface area contributed by atoms with Gasteiger partial charge in [-0.1, -0.05) is 30.3 Å². The number of nitrogens with zero attached hydrogens (tertiary/aromatic N) is 5. The van der Waals surface area contributed by atoms with Crippen molar-refractivity contribution >= 4 is 22.5 Å². The Balaban J connectivity index is 0.991. The van der Waals surface area contributed by atoms with Gasteiger partial charge in [-0.15, -0.1) is 0 Å². The van der Waals surface area contributed by atoms with Crippen molar-refractivity contribution in [3.05, 3.63) is 203 Å². The maximum absolute atomic E-state index is 6.86. The van der Waals surface area contributed by atoms with E-state index in [1.165, 1.54) is 44.6 Å². The minimum atomic E-state index is 0.500. The van der Waals surface area contributed by atoms with Gasteiger partial charge in [0.25, 0.3) is 0 Å². The molecule has 1 saturated heterocycles. The summed E-state index contributed by atoms with van der Waals surface area (Å²) in [7, 11) is 2.25. The van der Waals surface area contributed by atoms with Crippen molar-refractivity contribution in [1.29, 1.82) is 0 Å². The van der Waals surface area contributed by atoms with Crippen molar-refractivity contribution in [1.82, 2.24) is 19.0 Å². The number of piperidine rings is 1. The number of hydrogen-bond donors (Lipinski definition) is 0. The van der Waals surface area contributed by atoms with Gasteiger partial charge in [-0.2, -0.15) is 0 Å². The molecule has 0 N–H and O–H groups in total. The summed E-state index contributed by atoms with van der Waals surface area (Å²) in [5.41, 5.74) is 15.2. The fourth-order valence-corrected chi connectivity index (χ4v) is 11.1. The van der Waals surface area contributed by atoms with Crippen LogP contribution in [0.2, 0.25) is 0 Å². The molecular weight excluding hydrogens is 954 g/mol. The van der Waals surface area contributed by atoms with Crippen LogP contribution >= 0.6 is 0 Å². The Morgan fingerprint density at radius 2 is 1.19 bits per heavy atom. The quantitative estimate of drug-likeness (QED) is 0.152. The van der Waals surface area contributed by atoms with Crippen LogP contribution in [0, 0.1) is 16.6 Å². The number of aryl methyl sites for hydroxylation is 1. The van der Waals surface area contributed by atoms with Crippen molar-refractivity contribution in [2.24, 2.45) is 5.92 Å². The first-order valence-electron chi connectivity index (χ1n) is 21.8. The van der Waals surface area contributed by atoms with Gasteiger partial charge in [-0.25, -0.2) is 0 Å². The van der Waals surface area contributed by atoms with E-state index in [-0.39, 0.29) is 0 Å². The molecular formula is C56H47N5OPt. The molecule has 2 aliphatic heterocycles. The first-order valence-corrected chi connectivity index (χ1v) is 22.9. The molecule has 7 aromatic carbocycles. The van der Waals surface area contributed by atoms with Crippen LogP contribution in [-0.4, -0.2) is 45.7 Å². The normalized spacial score (nSPS) is 16.2. The minimum Gasteiger partial charge on any atom is -0.0622 e. The second kappa shape index (κ2) is 16.6. The van der Waals surface area contributed by atoms with Crippen LogP contribution in [0.1, 0.15) is 23.5 Å². The molecule has 7 heteroatoms. The Morgan fingerprint density at radius 3 is 1.86 bits per heavy atom. The molecule has 2 unspecified atom stereocenters. The van der Waals surface area contributed by atoms with Gasteiger partial charge in [0.15, 0.2) is 0 Å². The standard InChI is InChI=1S/C56H47N5O.Pt/c1-39-32-55(57-35-51(39)42-20-10-5-11-21-42)59-37-43-36-58(2)31-30-47(43)50-29-28-46(34-54(50)59)62-45-23-14-22-44(33-45)60-38-61(53-27-13-12-26-52(53)60)56-48(40-16-6-3-7-17-40)24-15-25-49(56)41-18-8-4-9-19-41;/h3-29,32-35,43,47H,30-31,36-37H2,1-2H3;. The number of rotatable bonds is 8. The van der Waals surface area contributed by atoms with Crippen molar-refractivity contribution in [2.45, 2.75) is 19.3 Å². The third-order valence-electron chi connectivity index (χ3n) is 12.9. The van der Waals surface area contributed by atoms with Gasteiger partial charge in [0.1, 0.15) is 0 Å². The van der Waals surface area contributed by atoms with Gasteiger partial charge in [0, 0.05) is 18.3 Å². The fraction of sp³-hybridized carbons (Fsp3) is 0.143. The van der Waals surface area contributed by atoms with Crippen molar-refractivity contribution in [2.75, 3.05) is 31.6 Å². The number of ether oxygens (including phenoxy) is 1. The van der Waals surface area contributed by atoms with Crippen LogP contribution in [0.15, 0.2) is 188 Å². The number of pyridine rings is 1. The van der Waals surface area contributed by atoms with E-state index in [0.29, 0.717) is 11.8 Å². The number of hydrogen-bond acceptors (Lipinski definition) is 4. The van der Waals surface area contributed by atoms with E-state index in [4.69, 9.17) is 9.72 Å². The molecule has 0 spiro atoms. The fourth-order valence-electron chi connectivity index (χ4n) is 9.98. The number of aromatic nitrogens is 3. The summed E-state index contributed by atoms with van der Waals surface area (Å²) in [4.78, 5) is 10.0. The van der Waals surface area contributed by atoms with E-state index in [1.807, 2.05) is 6.20 Å². The summed E-state index contributed by atoms with van der Waals surface area (Å²) in [6.45, 7) is 5.29.